The summed E-state index contributed by atoms with van der Waals surface area (Å²) >= 11 is 0. The van der Waals surface area contributed by atoms with Crippen molar-refractivity contribution >= 4 is 5.91 Å². The number of amides is 1. The normalized spacial score (nSPS) is 10.4. The number of H-pyrrole nitrogens is 1. The molecule has 2 aromatic rings. The van der Waals surface area contributed by atoms with Crippen molar-refractivity contribution in [2.45, 2.75) is 13.1 Å². The lowest BCUT2D eigenvalue weighted by Gasteiger charge is -1.97. The van der Waals surface area contributed by atoms with E-state index >= 15 is 0 Å². The SMILES string of the molecule is NCCn1cc(C(=O)NCc2nn[nH]n2)nn1. The number of hydrogen-bond donors (Lipinski definition) is 3. The summed E-state index contributed by atoms with van der Waals surface area (Å²) in [6.45, 7) is 1.14. The number of nitrogens with zero attached hydrogens (tertiary/aromatic N) is 6. The fraction of sp³-hybridized carbons (Fsp3) is 0.429. The van der Waals surface area contributed by atoms with Gasteiger partial charge in [0.05, 0.1) is 19.3 Å². The van der Waals surface area contributed by atoms with Gasteiger partial charge in [0.15, 0.2) is 11.5 Å². The molecule has 0 aliphatic carbocycles. The number of carbonyl (C=O) groups excluding carboxylic acids is 1. The molecule has 0 bridgehead atoms. The number of rotatable bonds is 5. The molecule has 90 valence electrons. The van der Waals surface area contributed by atoms with Gasteiger partial charge in [-0.1, -0.05) is 10.4 Å². The van der Waals surface area contributed by atoms with Crippen LogP contribution in [-0.2, 0) is 13.1 Å². The van der Waals surface area contributed by atoms with E-state index in [1.165, 1.54) is 10.9 Å². The van der Waals surface area contributed by atoms with Crippen LogP contribution in [0.3, 0.4) is 0 Å². The first-order valence-corrected chi connectivity index (χ1v) is 4.90. The Morgan fingerprint density at radius 3 is 3.12 bits per heavy atom. The average molecular weight is 237 g/mol. The highest BCUT2D eigenvalue weighted by molar-refractivity contribution is 5.91. The van der Waals surface area contributed by atoms with E-state index in [-0.39, 0.29) is 18.1 Å². The van der Waals surface area contributed by atoms with Gasteiger partial charge in [0, 0.05) is 6.54 Å². The molecule has 17 heavy (non-hydrogen) atoms. The smallest absolute Gasteiger partial charge is 0.273 e. The zero-order valence-electron chi connectivity index (χ0n) is 8.87. The van der Waals surface area contributed by atoms with Crippen molar-refractivity contribution in [3.8, 4) is 0 Å². The highest BCUT2D eigenvalue weighted by Crippen LogP contribution is 1.93. The summed E-state index contributed by atoms with van der Waals surface area (Å²) in [5, 5.41) is 23.1. The Morgan fingerprint density at radius 2 is 2.41 bits per heavy atom. The van der Waals surface area contributed by atoms with Crippen LogP contribution in [0.25, 0.3) is 0 Å². The second-order valence-electron chi connectivity index (χ2n) is 3.17. The van der Waals surface area contributed by atoms with E-state index in [0.717, 1.165) is 0 Å². The molecule has 0 spiro atoms. The number of nitrogens with two attached hydrogens (primary N) is 1. The van der Waals surface area contributed by atoms with Gasteiger partial charge in [-0.15, -0.1) is 15.3 Å². The Kier molecular flexibility index (Phi) is 3.35. The lowest BCUT2D eigenvalue weighted by Crippen LogP contribution is -2.23. The zero-order chi connectivity index (χ0) is 12.1. The van der Waals surface area contributed by atoms with Crippen LogP contribution in [0.2, 0.25) is 0 Å². The molecule has 1 amide bonds. The molecule has 4 N–H and O–H groups in total. The first-order chi connectivity index (χ1) is 8.29. The molecule has 10 heteroatoms. The zero-order valence-corrected chi connectivity index (χ0v) is 8.87. The predicted molar refractivity (Wildman–Crippen MR) is 54.4 cm³/mol. The maximum Gasteiger partial charge on any atom is 0.273 e. The first-order valence-electron chi connectivity index (χ1n) is 4.90. The van der Waals surface area contributed by atoms with E-state index < -0.39 is 0 Å². The average Bonchev–Trinajstić information content (AvgIpc) is 2.97. The van der Waals surface area contributed by atoms with Gasteiger partial charge in [0.1, 0.15) is 0 Å². The summed E-state index contributed by atoms with van der Waals surface area (Å²) in [6, 6.07) is 0. The second kappa shape index (κ2) is 5.12. The first kappa shape index (κ1) is 11.1. The molecule has 0 saturated heterocycles. The van der Waals surface area contributed by atoms with Gasteiger partial charge < -0.3 is 11.1 Å². The van der Waals surface area contributed by atoms with E-state index in [1.54, 1.807) is 0 Å². The van der Waals surface area contributed by atoms with Crippen molar-refractivity contribution in [3.63, 3.8) is 0 Å². The Balaban J connectivity index is 1.90. The molecular formula is C7H11N9O. The van der Waals surface area contributed by atoms with E-state index in [4.69, 9.17) is 5.73 Å². The molecule has 0 unspecified atom stereocenters. The highest BCUT2D eigenvalue weighted by Gasteiger charge is 2.10. The van der Waals surface area contributed by atoms with Gasteiger partial charge in [-0.25, -0.2) is 0 Å². The molecule has 0 radical (unpaired) electrons. The maximum atomic E-state index is 11.6. The van der Waals surface area contributed by atoms with Gasteiger partial charge in [-0.3, -0.25) is 9.48 Å². The summed E-state index contributed by atoms with van der Waals surface area (Å²) in [5.74, 6) is 0.0470. The van der Waals surface area contributed by atoms with Crippen LogP contribution in [0.1, 0.15) is 16.3 Å². The van der Waals surface area contributed by atoms with Gasteiger partial charge in [0.25, 0.3) is 5.91 Å². The number of carbonyl (C=O) groups is 1. The quantitative estimate of drug-likeness (QED) is 0.530. The Hall–Kier alpha value is -2.36. The second-order valence-corrected chi connectivity index (χ2v) is 3.17. The number of tetrazole rings is 1. The molecular weight excluding hydrogens is 226 g/mol. The maximum absolute atomic E-state index is 11.6. The fourth-order valence-electron chi connectivity index (χ4n) is 1.15. The molecule has 2 aromatic heterocycles. The van der Waals surface area contributed by atoms with Crippen LogP contribution in [-0.4, -0.2) is 48.1 Å². The van der Waals surface area contributed by atoms with Crippen LogP contribution in [0, 0.1) is 0 Å². The number of aromatic amines is 1. The van der Waals surface area contributed by atoms with Gasteiger partial charge in [-0.2, -0.15) is 5.21 Å². The summed E-state index contributed by atoms with van der Waals surface area (Å²) in [4.78, 5) is 11.6. The van der Waals surface area contributed by atoms with Crippen molar-refractivity contribution < 1.29 is 4.79 Å². The van der Waals surface area contributed by atoms with E-state index in [9.17, 15) is 4.79 Å². The van der Waals surface area contributed by atoms with Crippen LogP contribution < -0.4 is 11.1 Å². The standard InChI is InChI=1S/C7H11N9O/c8-1-2-16-4-5(10-15-16)7(17)9-3-6-11-13-14-12-6/h4H,1-3,8H2,(H,9,17)(H,11,12,13,14). The third-order valence-electron chi connectivity index (χ3n) is 1.93. The van der Waals surface area contributed by atoms with E-state index in [1.807, 2.05) is 0 Å². The topological polar surface area (TPSA) is 140 Å². The molecule has 0 atom stereocenters. The molecule has 10 nitrogen and oxygen atoms in total. The molecule has 0 saturated carbocycles. The fourth-order valence-corrected chi connectivity index (χ4v) is 1.15. The molecule has 0 aliphatic heterocycles. The molecule has 2 rings (SSSR count). The predicted octanol–water partition coefficient (Wildman–Crippen LogP) is -2.32. The molecule has 0 aliphatic rings. The lowest BCUT2D eigenvalue weighted by atomic mass is 10.4. The summed E-state index contributed by atoms with van der Waals surface area (Å²) in [7, 11) is 0. The number of nitrogens with one attached hydrogen (secondary N) is 2. The minimum atomic E-state index is -0.349. The molecule has 2 heterocycles. The monoisotopic (exact) mass is 237 g/mol. The summed E-state index contributed by atoms with van der Waals surface area (Å²) < 4.78 is 1.50. The third kappa shape index (κ3) is 2.81. The third-order valence-corrected chi connectivity index (χ3v) is 1.93. The largest absolute Gasteiger partial charge is 0.343 e. The van der Waals surface area contributed by atoms with Crippen LogP contribution >= 0.6 is 0 Å². The van der Waals surface area contributed by atoms with Crippen molar-refractivity contribution in [2.75, 3.05) is 6.54 Å². The number of hydrogen-bond acceptors (Lipinski definition) is 7. The Morgan fingerprint density at radius 1 is 1.53 bits per heavy atom. The van der Waals surface area contributed by atoms with Gasteiger partial charge in [0.2, 0.25) is 0 Å². The van der Waals surface area contributed by atoms with Crippen LogP contribution in [0.5, 0.6) is 0 Å². The van der Waals surface area contributed by atoms with Crippen molar-refractivity contribution in [2.24, 2.45) is 5.73 Å². The van der Waals surface area contributed by atoms with Gasteiger partial charge in [-0.05, 0) is 0 Å². The van der Waals surface area contributed by atoms with Crippen molar-refractivity contribution in [3.05, 3.63) is 17.7 Å². The number of aromatic nitrogens is 7. The van der Waals surface area contributed by atoms with Gasteiger partial charge >= 0.3 is 0 Å². The van der Waals surface area contributed by atoms with E-state index in [0.29, 0.717) is 18.9 Å². The van der Waals surface area contributed by atoms with Crippen molar-refractivity contribution in [1.29, 1.82) is 0 Å². The molecule has 0 fully saturated rings. The lowest BCUT2D eigenvalue weighted by molar-refractivity contribution is 0.0945. The van der Waals surface area contributed by atoms with E-state index in [2.05, 4.69) is 36.3 Å². The van der Waals surface area contributed by atoms with Crippen LogP contribution in [0.15, 0.2) is 6.20 Å². The summed E-state index contributed by atoms with van der Waals surface area (Å²) in [6.07, 6.45) is 1.53. The van der Waals surface area contributed by atoms with Crippen LogP contribution in [0.4, 0.5) is 0 Å². The Labute approximate surface area is 95.6 Å². The van der Waals surface area contributed by atoms with Crippen molar-refractivity contribution in [1.82, 2.24) is 40.9 Å². The Bertz CT molecular complexity index is 475. The minimum Gasteiger partial charge on any atom is -0.343 e. The summed E-state index contributed by atoms with van der Waals surface area (Å²) in [5.41, 5.74) is 5.58. The highest BCUT2D eigenvalue weighted by atomic mass is 16.2. The minimum absolute atomic E-state index is 0.180. The molecule has 0 aromatic carbocycles.